The Hall–Kier alpha value is -0.770. The average Bonchev–Trinajstić information content (AvgIpc) is 2.69. The number of aliphatic hydroxyl groups excluding tert-OH is 4. The fraction of sp³-hybridized carbons (Fsp3) is 0.955. The maximum absolute atomic E-state index is 12.1. The fourth-order valence-electron chi connectivity index (χ4n) is 3.71. The Morgan fingerprint density at radius 1 is 1.03 bits per heavy atom. The van der Waals surface area contributed by atoms with Gasteiger partial charge in [0.15, 0.2) is 6.29 Å². The summed E-state index contributed by atoms with van der Waals surface area (Å²) < 4.78 is 4.84. The summed E-state index contributed by atoms with van der Waals surface area (Å²) in [6, 6.07) is -0.0902. The first kappa shape index (κ1) is 29.2. The van der Waals surface area contributed by atoms with Gasteiger partial charge in [0.2, 0.25) is 0 Å². The largest absolute Gasteiger partial charge is 0.436 e. The highest BCUT2D eigenvalue weighted by atomic mass is 16.6. The van der Waals surface area contributed by atoms with Crippen LogP contribution < -0.4 is 0 Å². The minimum Gasteiger partial charge on any atom is -0.436 e. The summed E-state index contributed by atoms with van der Waals surface area (Å²) in [6.45, 7) is 12.7. The van der Waals surface area contributed by atoms with Crippen LogP contribution in [0.5, 0.6) is 0 Å². The lowest BCUT2D eigenvalue weighted by Gasteiger charge is -2.40. The summed E-state index contributed by atoms with van der Waals surface area (Å²) in [6.07, 6.45) is -3.02. The predicted molar refractivity (Wildman–Crippen MR) is 116 cm³/mol. The average molecular weight is 436 g/mol. The molecule has 1 unspecified atom stereocenters. The molecule has 0 radical (unpaired) electrons. The summed E-state index contributed by atoms with van der Waals surface area (Å²) in [5, 5.41) is 51.6. The van der Waals surface area contributed by atoms with Crippen molar-refractivity contribution in [2.45, 2.75) is 104 Å². The van der Waals surface area contributed by atoms with E-state index in [4.69, 9.17) is 4.74 Å². The molecule has 0 heterocycles. The lowest BCUT2D eigenvalue weighted by molar-refractivity contribution is -0.180. The number of esters is 1. The van der Waals surface area contributed by atoms with Crippen LogP contribution in [0, 0.1) is 17.8 Å². The molecule has 0 saturated carbocycles. The van der Waals surface area contributed by atoms with Crippen molar-refractivity contribution in [1.29, 1.82) is 0 Å². The molecule has 0 aromatic carbocycles. The Morgan fingerprint density at radius 2 is 1.57 bits per heavy atom. The Kier molecular flexibility index (Phi) is 12.6. The van der Waals surface area contributed by atoms with Crippen LogP contribution in [-0.2, 0) is 9.53 Å². The Labute approximate surface area is 181 Å². The van der Waals surface area contributed by atoms with Crippen LogP contribution in [0.3, 0.4) is 0 Å². The van der Waals surface area contributed by atoms with Gasteiger partial charge < -0.3 is 35.2 Å². The lowest BCUT2D eigenvalue weighted by atomic mass is 9.79. The Balaban J connectivity index is 4.99. The van der Waals surface area contributed by atoms with E-state index in [1.165, 1.54) is 13.8 Å². The monoisotopic (exact) mass is 435 g/mol. The zero-order chi connectivity index (χ0) is 23.8. The number of carbonyl (C=O) groups is 1. The molecule has 0 rings (SSSR count). The smallest absolute Gasteiger partial charge is 0.313 e. The molecule has 0 aromatic rings. The molecule has 8 heteroatoms. The van der Waals surface area contributed by atoms with Crippen molar-refractivity contribution >= 4 is 5.97 Å². The van der Waals surface area contributed by atoms with Crippen LogP contribution in [0.25, 0.3) is 0 Å². The van der Waals surface area contributed by atoms with Gasteiger partial charge in [0.25, 0.3) is 0 Å². The third-order valence-electron chi connectivity index (χ3n) is 6.27. The zero-order valence-electron chi connectivity index (χ0n) is 19.9. The fourth-order valence-corrected chi connectivity index (χ4v) is 3.71. The molecule has 0 aliphatic heterocycles. The van der Waals surface area contributed by atoms with E-state index in [1.54, 1.807) is 13.8 Å². The second kappa shape index (κ2) is 12.9. The normalized spacial score (nSPS) is 22.3. The molecule has 0 saturated heterocycles. The molecular formula is C22H45NO7. The van der Waals surface area contributed by atoms with Crippen molar-refractivity contribution in [2.24, 2.45) is 17.8 Å². The van der Waals surface area contributed by atoms with E-state index in [0.717, 1.165) is 0 Å². The van der Waals surface area contributed by atoms with Gasteiger partial charge in [-0.25, -0.2) is 0 Å². The maximum Gasteiger partial charge on any atom is 0.313 e. The van der Waals surface area contributed by atoms with Crippen LogP contribution in [0.2, 0.25) is 0 Å². The molecule has 0 bridgehead atoms. The highest BCUT2D eigenvalue weighted by molar-refractivity contribution is 5.72. The zero-order valence-corrected chi connectivity index (χ0v) is 19.9. The minimum absolute atomic E-state index is 0.0726. The molecule has 0 aliphatic rings. The quantitative estimate of drug-likeness (QED) is 0.203. The lowest BCUT2D eigenvalue weighted by Crippen LogP contribution is -2.52. The predicted octanol–water partition coefficient (Wildman–Crippen LogP) is 1.12. The van der Waals surface area contributed by atoms with Gasteiger partial charge in [-0.3, -0.25) is 4.79 Å². The van der Waals surface area contributed by atoms with Crippen molar-refractivity contribution in [1.82, 2.24) is 4.90 Å². The molecule has 0 spiro atoms. The number of nitrogens with zero attached hydrogens (tertiary/aromatic N) is 1. The molecule has 0 amide bonds. The van der Waals surface area contributed by atoms with Crippen LogP contribution in [0.1, 0.15) is 67.7 Å². The summed E-state index contributed by atoms with van der Waals surface area (Å²) in [7, 11) is 1.90. The van der Waals surface area contributed by atoms with E-state index in [9.17, 15) is 30.3 Å². The highest BCUT2D eigenvalue weighted by Gasteiger charge is 2.41. The van der Waals surface area contributed by atoms with Crippen molar-refractivity contribution in [3.8, 4) is 0 Å². The van der Waals surface area contributed by atoms with Gasteiger partial charge in [-0.15, -0.1) is 0 Å². The van der Waals surface area contributed by atoms with E-state index < -0.39 is 48.0 Å². The van der Waals surface area contributed by atoms with Gasteiger partial charge in [0, 0.05) is 24.9 Å². The van der Waals surface area contributed by atoms with Gasteiger partial charge in [0.05, 0.1) is 29.8 Å². The first-order valence-corrected chi connectivity index (χ1v) is 11.0. The van der Waals surface area contributed by atoms with E-state index in [2.05, 4.69) is 0 Å². The van der Waals surface area contributed by atoms with E-state index in [1.807, 2.05) is 32.7 Å². The van der Waals surface area contributed by atoms with Crippen LogP contribution in [-0.4, -0.2) is 86.2 Å². The molecule has 0 aliphatic carbocycles. The topological polar surface area (TPSA) is 131 Å². The maximum atomic E-state index is 12.1. The summed E-state index contributed by atoms with van der Waals surface area (Å²) in [4.78, 5) is 14.1. The van der Waals surface area contributed by atoms with E-state index in [0.29, 0.717) is 13.0 Å². The van der Waals surface area contributed by atoms with Crippen molar-refractivity contribution in [2.75, 3.05) is 13.6 Å². The van der Waals surface area contributed by atoms with Gasteiger partial charge in [0.1, 0.15) is 0 Å². The minimum atomic E-state index is -1.51. The van der Waals surface area contributed by atoms with Crippen molar-refractivity contribution < 1.29 is 35.1 Å². The number of hydrogen-bond donors (Lipinski definition) is 5. The molecule has 8 nitrogen and oxygen atoms in total. The molecule has 5 N–H and O–H groups in total. The second-order valence-corrected chi connectivity index (χ2v) is 9.19. The first-order chi connectivity index (χ1) is 13.7. The van der Waals surface area contributed by atoms with E-state index >= 15 is 0 Å². The van der Waals surface area contributed by atoms with Gasteiger partial charge in [-0.1, -0.05) is 27.7 Å². The Bertz CT molecular complexity index is 502. The number of hydrogen-bond acceptors (Lipinski definition) is 8. The van der Waals surface area contributed by atoms with E-state index in [-0.39, 0.29) is 24.8 Å². The van der Waals surface area contributed by atoms with Crippen LogP contribution in [0.15, 0.2) is 0 Å². The van der Waals surface area contributed by atoms with Gasteiger partial charge in [-0.05, 0) is 46.6 Å². The standard InChI is InChI=1S/C22H45NO7/c1-9-17(24)13(3)12-23(8)14(4)11-22(7,29)20(27)15(5)19(26)16(6)21(28)30-18(25)10-2/h13-20,24-27,29H,9-12H2,1-8H3/t13-,14+,15-,16+,17-,18+,19-,20+,22?/m0/s1. The Morgan fingerprint density at radius 3 is 2.03 bits per heavy atom. The molecule has 9 atom stereocenters. The van der Waals surface area contributed by atoms with Crippen molar-refractivity contribution in [3.63, 3.8) is 0 Å². The molecule has 0 fully saturated rings. The molecule has 180 valence electrons. The number of carbonyl (C=O) groups excluding carboxylic acids is 1. The summed E-state index contributed by atoms with van der Waals surface area (Å²) >= 11 is 0. The summed E-state index contributed by atoms with van der Waals surface area (Å²) in [5.41, 5.74) is -1.51. The molecule has 30 heavy (non-hydrogen) atoms. The number of aliphatic hydroxyl groups is 5. The molecular weight excluding hydrogens is 390 g/mol. The first-order valence-electron chi connectivity index (χ1n) is 11.0. The third-order valence-corrected chi connectivity index (χ3v) is 6.27. The highest BCUT2D eigenvalue weighted by Crippen LogP contribution is 2.29. The van der Waals surface area contributed by atoms with Gasteiger partial charge >= 0.3 is 5.97 Å². The van der Waals surface area contributed by atoms with Crippen LogP contribution in [0.4, 0.5) is 0 Å². The van der Waals surface area contributed by atoms with Crippen LogP contribution >= 0.6 is 0 Å². The SMILES string of the molecule is CC[C@H](O)OC(=O)[C@H](C)[C@@H](O)[C@H](C)[C@@H](O)C(C)(O)C[C@@H](C)N(C)C[C@H](C)[C@@H](O)CC. The second-order valence-electron chi connectivity index (χ2n) is 9.19. The summed E-state index contributed by atoms with van der Waals surface area (Å²) in [5.74, 6) is -2.46. The molecule has 0 aromatic heterocycles. The number of ether oxygens (including phenoxy) is 1. The van der Waals surface area contributed by atoms with Gasteiger partial charge in [-0.2, -0.15) is 0 Å². The third kappa shape index (κ3) is 8.77. The number of rotatable bonds is 14. The van der Waals surface area contributed by atoms with Crippen molar-refractivity contribution in [3.05, 3.63) is 0 Å².